The summed E-state index contributed by atoms with van der Waals surface area (Å²) in [6.07, 6.45) is 2.86. The van der Waals surface area contributed by atoms with E-state index < -0.39 is 33.0 Å². The lowest BCUT2D eigenvalue weighted by molar-refractivity contribution is 0.0827. The first kappa shape index (κ1) is 26.9. The zero-order valence-electron chi connectivity index (χ0n) is 19.8. The molecule has 13 heteroatoms. The molecule has 4 rings (SSSR count). The van der Waals surface area contributed by atoms with Crippen LogP contribution in [0.4, 0.5) is 19.7 Å². The Morgan fingerprint density at radius 1 is 1.14 bits per heavy atom. The van der Waals surface area contributed by atoms with Crippen LogP contribution in [0.2, 0.25) is 0 Å². The van der Waals surface area contributed by atoms with E-state index in [-0.39, 0.29) is 28.6 Å². The van der Waals surface area contributed by atoms with Crippen molar-refractivity contribution in [3.8, 4) is 0 Å². The number of aliphatic hydroxyl groups is 1. The molecule has 0 spiro atoms. The van der Waals surface area contributed by atoms with Crippen LogP contribution >= 0.6 is 11.3 Å². The fourth-order valence-corrected chi connectivity index (χ4v) is 7.01. The lowest BCUT2D eigenvalue weighted by Crippen LogP contribution is -2.43. The largest absolute Gasteiger partial charge is 0.393 e. The van der Waals surface area contributed by atoms with E-state index in [2.05, 4.69) is 15.2 Å². The van der Waals surface area contributed by atoms with Gasteiger partial charge in [0.1, 0.15) is 22.3 Å². The maximum Gasteiger partial charge on any atom is 0.214 e. The van der Waals surface area contributed by atoms with E-state index in [4.69, 9.17) is 5.73 Å². The normalized spacial score (nSPS) is 19.0. The fourth-order valence-electron chi connectivity index (χ4n) is 4.58. The third kappa shape index (κ3) is 6.38. The molecule has 36 heavy (non-hydrogen) atoms. The lowest BCUT2D eigenvalue weighted by atomic mass is 10.1. The predicted octanol–water partition coefficient (Wildman–Crippen LogP) is 2.29. The maximum atomic E-state index is 14.0. The number of thiazole rings is 1. The maximum absolute atomic E-state index is 14.0. The topological polar surface area (TPSA) is 129 Å². The molecule has 0 atom stereocenters. The average molecular weight is 544 g/mol. The Kier molecular flexibility index (Phi) is 8.56. The number of rotatable bonds is 9. The van der Waals surface area contributed by atoms with E-state index in [1.807, 2.05) is 0 Å². The first-order valence-electron chi connectivity index (χ1n) is 12.0. The van der Waals surface area contributed by atoms with Crippen LogP contribution in [-0.4, -0.2) is 84.1 Å². The highest BCUT2D eigenvalue weighted by Gasteiger charge is 2.29. The highest BCUT2D eigenvalue weighted by Crippen LogP contribution is 2.30. The molecule has 2 aliphatic heterocycles. The summed E-state index contributed by atoms with van der Waals surface area (Å²) in [4.78, 5) is 18.9. The van der Waals surface area contributed by atoms with Gasteiger partial charge in [0.15, 0.2) is 5.13 Å². The number of carbonyl (C=O) groups is 1. The molecule has 4 N–H and O–H groups in total. The molecule has 0 bridgehead atoms. The number of hydrogen-bond acceptors (Lipinski definition) is 9. The molecule has 2 saturated heterocycles. The van der Waals surface area contributed by atoms with Crippen molar-refractivity contribution in [3.05, 3.63) is 40.3 Å². The zero-order valence-corrected chi connectivity index (χ0v) is 21.5. The summed E-state index contributed by atoms with van der Waals surface area (Å²) >= 11 is 0.922. The van der Waals surface area contributed by atoms with Crippen LogP contribution in [0, 0.1) is 11.6 Å². The molecule has 1 aromatic carbocycles. The third-order valence-electron chi connectivity index (χ3n) is 6.66. The highest BCUT2D eigenvalue weighted by molar-refractivity contribution is 7.89. The highest BCUT2D eigenvalue weighted by atomic mass is 32.2. The average Bonchev–Trinajstić information content (AvgIpc) is 3.20. The molecule has 198 valence electrons. The number of aromatic nitrogens is 1. The van der Waals surface area contributed by atoms with Crippen molar-refractivity contribution in [2.75, 3.05) is 49.5 Å². The molecule has 2 aromatic rings. The van der Waals surface area contributed by atoms with E-state index in [0.717, 1.165) is 49.4 Å². The van der Waals surface area contributed by atoms with Crippen molar-refractivity contribution in [1.82, 2.24) is 14.2 Å². The van der Waals surface area contributed by atoms with Crippen molar-refractivity contribution in [1.29, 1.82) is 0 Å². The minimum absolute atomic E-state index is 0.0512. The Hall–Kier alpha value is -2.19. The van der Waals surface area contributed by atoms with Gasteiger partial charge in [0, 0.05) is 32.2 Å². The summed E-state index contributed by atoms with van der Waals surface area (Å²) in [5.74, 6) is -2.82. The number of anilines is 2. The molecule has 0 radical (unpaired) electrons. The minimum Gasteiger partial charge on any atom is -0.393 e. The van der Waals surface area contributed by atoms with E-state index in [9.17, 15) is 27.1 Å². The molecule has 0 saturated carbocycles. The number of hydrogen-bond donors (Lipinski definition) is 3. The Balaban J connectivity index is 1.27. The number of carbonyl (C=O) groups excluding carboxylic acids is 1. The molecular formula is C23H31F2N5O4S2. The SMILES string of the molecule is Nc1nc(NC2CCN(S(=O)(=O)CCCN3CCC(O)CC3)CC2)sc1C(=O)c1c(F)cccc1F. The number of nitrogens with zero attached hydrogens (tertiary/aromatic N) is 3. The minimum atomic E-state index is -3.36. The summed E-state index contributed by atoms with van der Waals surface area (Å²) in [5, 5.41) is 13.1. The van der Waals surface area contributed by atoms with Crippen LogP contribution in [0.15, 0.2) is 18.2 Å². The second-order valence-corrected chi connectivity index (χ2v) is 12.3. The Bertz CT molecular complexity index is 1160. The molecule has 3 heterocycles. The van der Waals surface area contributed by atoms with E-state index in [0.29, 0.717) is 44.0 Å². The summed E-state index contributed by atoms with van der Waals surface area (Å²) in [6.45, 7) is 3.02. The van der Waals surface area contributed by atoms with Gasteiger partial charge in [-0.15, -0.1) is 0 Å². The van der Waals surface area contributed by atoms with E-state index in [1.54, 1.807) is 0 Å². The number of benzene rings is 1. The number of halogens is 2. The number of nitrogen functional groups attached to an aromatic ring is 1. The second kappa shape index (κ2) is 11.5. The van der Waals surface area contributed by atoms with E-state index in [1.165, 1.54) is 10.4 Å². The van der Waals surface area contributed by atoms with Crippen LogP contribution in [0.5, 0.6) is 0 Å². The van der Waals surface area contributed by atoms with Crippen LogP contribution in [0.1, 0.15) is 47.3 Å². The third-order valence-corrected chi connectivity index (χ3v) is 9.62. The molecule has 9 nitrogen and oxygen atoms in total. The Labute approximate surface area is 213 Å². The molecule has 0 unspecified atom stereocenters. The van der Waals surface area contributed by atoms with E-state index >= 15 is 0 Å². The molecule has 2 aliphatic rings. The molecule has 2 fully saturated rings. The van der Waals surface area contributed by atoms with Crippen molar-refractivity contribution in [2.45, 2.75) is 44.2 Å². The van der Waals surface area contributed by atoms with Gasteiger partial charge >= 0.3 is 0 Å². The van der Waals surface area contributed by atoms with Gasteiger partial charge in [0.2, 0.25) is 15.8 Å². The van der Waals surface area contributed by atoms with Gasteiger partial charge < -0.3 is 21.1 Å². The summed E-state index contributed by atoms with van der Waals surface area (Å²) in [7, 11) is -3.36. The van der Waals surface area contributed by atoms with Crippen molar-refractivity contribution < 1.29 is 27.1 Å². The van der Waals surface area contributed by atoms with Crippen LogP contribution < -0.4 is 11.1 Å². The predicted molar refractivity (Wildman–Crippen MR) is 135 cm³/mol. The van der Waals surface area contributed by atoms with Crippen molar-refractivity contribution >= 4 is 38.1 Å². The number of ketones is 1. The van der Waals surface area contributed by atoms with Gasteiger partial charge in [-0.05, 0) is 50.8 Å². The monoisotopic (exact) mass is 543 g/mol. The lowest BCUT2D eigenvalue weighted by Gasteiger charge is -2.32. The van der Waals surface area contributed by atoms with Gasteiger partial charge in [-0.1, -0.05) is 17.4 Å². The first-order chi connectivity index (χ1) is 17.1. The van der Waals surface area contributed by atoms with Crippen molar-refractivity contribution in [2.24, 2.45) is 0 Å². The first-order valence-corrected chi connectivity index (χ1v) is 14.5. The van der Waals surface area contributed by atoms with Crippen LogP contribution in [-0.2, 0) is 10.0 Å². The zero-order chi connectivity index (χ0) is 25.9. The summed E-state index contributed by atoms with van der Waals surface area (Å²) in [5.41, 5.74) is 5.19. The summed E-state index contributed by atoms with van der Waals surface area (Å²) in [6, 6.07) is 3.12. The quantitative estimate of drug-likeness (QED) is 0.411. The van der Waals surface area contributed by atoms with Crippen LogP contribution in [0.3, 0.4) is 0 Å². The van der Waals surface area contributed by atoms with Gasteiger partial charge in [-0.25, -0.2) is 26.5 Å². The Morgan fingerprint density at radius 3 is 2.42 bits per heavy atom. The molecule has 0 amide bonds. The summed E-state index contributed by atoms with van der Waals surface area (Å²) < 4.78 is 55.1. The number of piperidine rings is 2. The van der Waals surface area contributed by atoms with Gasteiger partial charge in [0.05, 0.1) is 17.4 Å². The van der Waals surface area contributed by atoms with Crippen LogP contribution in [0.25, 0.3) is 0 Å². The number of aliphatic hydroxyl groups excluding tert-OH is 1. The van der Waals surface area contributed by atoms with Crippen molar-refractivity contribution in [3.63, 3.8) is 0 Å². The molecule has 1 aromatic heterocycles. The number of sulfonamides is 1. The number of nitrogens with two attached hydrogens (primary N) is 1. The number of likely N-dealkylation sites (tertiary alicyclic amines) is 1. The molecule has 0 aliphatic carbocycles. The smallest absolute Gasteiger partial charge is 0.214 e. The number of nitrogens with one attached hydrogen (secondary N) is 1. The van der Waals surface area contributed by atoms with Gasteiger partial charge in [-0.3, -0.25) is 4.79 Å². The second-order valence-electron chi connectivity index (χ2n) is 9.22. The Morgan fingerprint density at radius 2 is 1.78 bits per heavy atom. The molecular weight excluding hydrogens is 512 g/mol. The fraction of sp³-hybridized carbons (Fsp3) is 0.565. The van der Waals surface area contributed by atoms with Gasteiger partial charge in [-0.2, -0.15) is 0 Å². The standard InChI is InChI=1S/C23H31F2N5O4S2/c24-17-3-1-4-18(25)19(17)20(32)21-22(26)28-23(35-21)27-15-5-12-30(13-6-15)36(33,34)14-2-9-29-10-7-16(31)8-11-29/h1,3-4,15-16,31H,2,5-14,26H2,(H,27,28). The van der Waals surface area contributed by atoms with Gasteiger partial charge in [0.25, 0.3) is 0 Å².